The van der Waals surface area contributed by atoms with E-state index in [0.29, 0.717) is 9.88 Å². The Morgan fingerprint density at radius 2 is 1.92 bits per heavy atom. The molecule has 2 N–H and O–H groups in total. The summed E-state index contributed by atoms with van der Waals surface area (Å²) in [4.78, 5) is 27.9. The summed E-state index contributed by atoms with van der Waals surface area (Å²) in [6, 6.07) is 11.0. The molecule has 0 fully saturated rings. The number of thiophene rings is 1. The van der Waals surface area contributed by atoms with Crippen LogP contribution < -0.4 is 10.6 Å². The summed E-state index contributed by atoms with van der Waals surface area (Å²) in [5.74, 6) is -0.330. The molecule has 128 valence electrons. The van der Waals surface area contributed by atoms with Crippen molar-refractivity contribution in [1.82, 2.24) is 20.1 Å². The molecule has 2 heterocycles. The molecule has 3 aromatic rings. The molecular formula is C17H17N5O2S. The summed E-state index contributed by atoms with van der Waals surface area (Å²) in [6.45, 7) is 3.36. The first-order chi connectivity index (χ1) is 12.0. The Kier molecular flexibility index (Phi) is 4.90. The second-order valence-electron chi connectivity index (χ2n) is 5.47. The second-order valence-corrected chi connectivity index (χ2v) is 6.56. The molecule has 0 unspecified atom stereocenters. The van der Waals surface area contributed by atoms with E-state index in [-0.39, 0.29) is 17.9 Å². The number of carbonyl (C=O) groups excluding carboxylic acids is 2. The SMILES string of the molecule is CC(=O)Nc1ccc(C(=O)N[C@@H](C)c2ccc(-n3cncn3)cc2)s1. The molecule has 3 rings (SSSR count). The molecule has 8 heteroatoms. The van der Waals surface area contributed by atoms with Crippen molar-refractivity contribution in [2.45, 2.75) is 19.9 Å². The maximum absolute atomic E-state index is 12.3. The fourth-order valence-electron chi connectivity index (χ4n) is 2.31. The van der Waals surface area contributed by atoms with Crippen molar-refractivity contribution in [2.75, 3.05) is 5.32 Å². The highest BCUT2D eigenvalue weighted by atomic mass is 32.1. The molecule has 2 amide bonds. The van der Waals surface area contributed by atoms with Crippen molar-refractivity contribution in [3.05, 3.63) is 59.5 Å². The third-order valence-corrected chi connectivity index (χ3v) is 4.55. The van der Waals surface area contributed by atoms with Gasteiger partial charge in [0.05, 0.1) is 21.6 Å². The zero-order valence-corrected chi connectivity index (χ0v) is 14.6. The minimum atomic E-state index is -0.172. The van der Waals surface area contributed by atoms with Gasteiger partial charge in [0.1, 0.15) is 12.7 Å². The molecule has 0 aliphatic heterocycles. The van der Waals surface area contributed by atoms with Gasteiger partial charge in [-0.05, 0) is 36.8 Å². The predicted octanol–water partition coefficient (Wildman–Crippen LogP) is 2.78. The predicted molar refractivity (Wildman–Crippen MR) is 95.9 cm³/mol. The Morgan fingerprint density at radius 1 is 1.16 bits per heavy atom. The number of nitrogens with one attached hydrogen (secondary N) is 2. The number of rotatable bonds is 5. The highest BCUT2D eigenvalue weighted by Gasteiger charge is 2.14. The van der Waals surface area contributed by atoms with Gasteiger partial charge in [0, 0.05) is 6.92 Å². The van der Waals surface area contributed by atoms with Crippen LogP contribution in [0, 0.1) is 0 Å². The Morgan fingerprint density at radius 3 is 2.56 bits per heavy atom. The molecule has 25 heavy (non-hydrogen) atoms. The topological polar surface area (TPSA) is 88.9 Å². The van der Waals surface area contributed by atoms with Crippen molar-refractivity contribution in [2.24, 2.45) is 0 Å². The van der Waals surface area contributed by atoms with Gasteiger partial charge in [0.2, 0.25) is 5.91 Å². The molecule has 0 bridgehead atoms. The summed E-state index contributed by atoms with van der Waals surface area (Å²) in [6.07, 6.45) is 3.11. The summed E-state index contributed by atoms with van der Waals surface area (Å²) in [5.41, 5.74) is 1.88. The number of benzene rings is 1. The van der Waals surface area contributed by atoms with Crippen LogP contribution in [0.4, 0.5) is 5.00 Å². The van der Waals surface area contributed by atoms with Crippen LogP contribution in [-0.4, -0.2) is 26.6 Å². The lowest BCUT2D eigenvalue weighted by Gasteiger charge is -2.14. The van der Waals surface area contributed by atoms with E-state index in [1.165, 1.54) is 24.6 Å². The van der Waals surface area contributed by atoms with Crippen LogP contribution in [0.5, 0.6) is 0 Å². The molecular weight excluding hydrogens is 338 g/mol. The summed E-state index contributed by atoms with van der Waals surface area (Å²) < 4.78 is 1.67. The Labute approximate surface area is 148 Å². The van der Waals surface area contributed by atoms with Crippen LogP contribution in [0.1, 0.15) is 35.1 Å². The monoisotopic (exact) mass is 355 g/mol. The summed E-state index contributed by atoms with van der Waals surface area (Å²) >= 11 is 1.24. The number of amides is 2. The zero-order valence-electron chi connectivity index (χ0n) is 13.8. The first-order valence-electron chi connectivity index (χ1n) is 7.66. The van der Waals surface area contributed by atoms with Gasteiger partial charge >= 0.3 is 0 Å². The number of anilines is 1. The third-order valence-electron chi connectivity index (χ3n) is 3.55. The third kappa shape index (κ3) is 4.10. The standard InChI is InChI=1S/C17H17N5O2S/c1-11(13-3-5-14(6-4-13)22-10-18-9-19-22)20-17(24)15-7-8-16(25-15)21-12(2)23/h3-11H,1-2H3,(H,20,24)(H,21,23)/t11-/m0/s1. The lowest BCUT2D eigenvalue weighted by Crippen LogP contribution is -2.25. The number of hydrogen-bond donors (Lipinski definition) is 2. The van der Waals surface area contributed by atoms with Gasteiger partial charge < -0.3 is 10.6 Å². The van der Waals surface area contributed by atoms with Crippen molar-refractivity contribution in [3.63, 3.8) is 0 Å². The largest absolute Gasteiger partial charge is 0.345 e. The van der Waals surface area contributed by atoms with Crippen LogP contribution in [0.25, 0.3) is 5.69 Å². The number of aromatic nitrogens is 3. The Bertz CT molecular complexity index is 871. The molecule has 0 radical (unpaired) electrons. The number of hydrogen-bond acceptors (Lipinski definition) is 5. The van der Waals surface area contributed by atoms with Gasteiger partial charge in [-0.1, -0.05) is 12.1 Å². The molecule has 7 nitrogen and oxygen atoms in total. The van der Waals surface area contributed by atoms with E-state index in [1.807, 2.05) is 31.2 Å². The molecule has 0 aliphatic carbocycles. The molecule has 0 spiro atoms. The van der Waals surface area contributed by atoms with Gasteiger partial charge in [-0.3, -0.25) is 9.59 Å². The first kappa shape index (κ1) is 16.8. The lowest BCUT2D eigenvalue weighted by molar-refractivity contribution is -0.114. The fourth-order valence-corrected chi connectivity index (χ4v) is 3.16. The highest BCUT2D eigenvalue weighted by Crippen LogP contribution is 2.23. The van der Waals surface area contributed by atoms with Crippen LogP contribution in [-0.2, 0) is 4.79 Å². The number of nitrogens with zero attached hydrogens (tertiary/aromatic N) is 3. The number of carbonyl (C=O) groups is 2. The van der Waals surface area contributed by atoms with Crippen LogP contribution in [0.3, 0.4) is 0 Å². The molecule has 1 atom stereocenters. The molecule has 0 saturated heterocycles. The van der Waals surface area contributed by atoms with E-state index >= 15 is 0 Å². The van der Waals surface area contributed by atoms with Crippen molar-refractivity contribution in [1.29, 1.82) is 0 Å². The quantitative estimate of drug-likeness (QED) is 0.736. The van der Waals surface area contributed by atoms with Gasteiger partial charge in [0.25, 0.3) is 5.91 Å². The first-order valence-corrected chi connectivity index (χ1v) is 8.48. The van der Waals surface area contributed by atoms with Gasteiger partial charge in [-0.15, -0.1) is 11.3 Å². The smallest absolute Gasteiger partial charge is 0.261 e. The van der Waals surface area contributed by atoms with Crippen LogP contribution >= 0.6 is 11.3 Å². The fraction of sp³-hybridized carbons (Fsp3) is 0.176. The van der Waals surface area contributed by atoms with E-state index in [9.17, 15) is 9.59 Å². The lowest BCUT2D eigenvalue weighted by atomic mass is 10.1. The normalized spacial score (nSPS) is 11.8. The van der Waals surface area contributed by atoms with Crippen molar-refractivity contribution < 1.29 is 9.59 Å². The van der Waals surface area contributed by atoms with E-state index in [1.54, 1.807) is 23.1 Å². The average Bonchev–Trinajstić information content (AvgIpc) is 3.26. The van der Waals surface area contributed by atoms with Gasteiger partial charge in [-0.25, -0.2) is 9.67 Å². The maximum Gasteiger partial charge on any atom is 0.261 e. The van der Waals surface area contributed by atoms with Gasteiger partial charge in [-0.2, -0.15) is 5.10 Å². The molecule has 2 aromatic heterocycles. The average molecular weight is 355 g/mol. The van der Waals surface area contributed by atoms with E-state index in [2.05, 4.69) is 20.7 Å². The van der Waals surface area contributed by atoms with E-state index in [0.717, 1.165) is 11.3 Å². The van der Waals surface area contributed by atoms with Crippen LogP contribution in [0.15, 0.2) is 49.1 Å². The summed E-state index contributed by atoms with van der Waals surface area (Å²) in [5, 5.41) is 10.4. The van der Waals surface area contributed by atoms with Crippen molar-refractivity contribution in [3.8, 4) is 5.69 Å². The minimum absolute atomic E-state index is 0.149. The summed E-state index contributed by atoms with van der Waals surface area (Å²) in [7, 11) is 0. The Balaban J connectivity index is 1.65. The van der Waals surface area contributed by atoms with Gasteiger partial charge in [0.15, 0.2) is 0 Å². The molecule has 1 aromatic carbocycles. The molecule has 0 aliphatic rings. The minimum Gasteiger partial charge on any atom is -0.345 e. The van der Waals surface area contributed by atoms with Crippen LogP contribution in [0.2, 0.25) is 0 Å². The highest BCUT2D eigenvalue weighted by molar-refractivity contribution is 7.18. The zero-order chi connectivity index (χ0) is 17.8. The maximum atomic E-state index is 12.3. The van der Waals surface area contributed by atoms with E-state index < -0.39 is 0 Å². The Hall–Kier alpha value is -3.00. The van der Waals surface area contributed by atoms with Crippen molar-refractivity contribution >= 4 is 28.2 Å². The second kappa shape index (κ2) is 7.27. The van der Waals surface area contributed by atoms with E-state index in [4.69, 9.17) is 0 Å². The molecule has 0 saturated carbocycles.